The Morgan fingerprint density at radius 2 is 1.95 bits per heavy atom. The summed E-state index contributed by atoms with van der Waals surface area (Å²) in [5, 5.41) is 1.20. The minimum Gasteiger partial charge on any atom is -0.345 e. The number of benzene rings is 1. The number of nitrogens with zero attached hydrogens (tertiary/aromatic N) is 2. The highest BCUT2D eigenvalue weighted by Gasteiger charge is 2.23. The zero-order chi connectivity index (χ0) is 15.4. The molecule has 0 radical (unpaired) electrons. The average Bonchev–Trinajstić information content (AvgIpc) is 2.90. The van der Waals surface area contributed by atoms with Gasteiger partial charge in [-0.15, -0.1) is 0 Å². The number of carbonyl (C=O) groups excluding carboxylic acids is 1. The van der Waals surface area contributed by atoms with Gasteiger partial charge >= 0.3 is 0 Å². The SMILES string of the molecule is O=C(Cn1cccc1)N1CCS[C@@H](c2ccccc2Cl)CC1. The molecule has 0 saturated carbocycles. The molecule has 1 amide bonds. The van der Waals surface area contributed by atoms with Crippen LogP contribution in [0.2, 0.25) is 5.02 Å². The Balaban J connectivity index is 1.62. The average molecular weight is 335 g/mol. The molecule has 22 heavy (non-hydrogen) atoms. The topological polar surface area (TPSA) is 25.2 Å². The Bertz CT molecular complexity index is 629. The minimum atomic E-state index is 0.191. The lowest BCUT2D eigenvalue weighted by Gasteiger charge is -2.20. The number of aromatic nitrogens is 1. The second kappa shape index (κ2) is 7.25. The normalized spacial score (nSPS) is 19.0. The summed E-state index contributed by atoms with van der Waals surface area (Å²) in [7, 11) is 0. The number of thioether (sulfide) groups is 1. The highest BCUT2D eigenvalue weighted by molar-refractivity contribution is 7.99. The van der Waals surface area contributed by atoms with E-state index in [4.69, 9.17) is 11.6 Å². The summed E-state index contributed by atoms with van der Waals surface area (Å²) in [6.45, 7) is 2.03. The Labute approximate surface area is 140 Å². The molecule has 2 heterocycles. The predicted molar refractivity (Wildman–Crippen MR) is 92.3 cm³/mol. The van der Waals surface area contributed by atoms with Crippen molar-refractivity contribution in [1.29, 1.82) is 0 Å². The summed E-state index contributed by atoms with van der Waals surface area (Å²) in [6, 6.07) is 11.9. The lowest BCUT2D eigenvalue weighted by Crippen LogP contribution is -2.35. The van der Waals surface area contributed by atoms with E-state index in [1.807, 2.05) is 64.0 Å². The molecule has 1 aromatic heterocycles. The molecule has 5 heteroatoms. The van der Waals surface area contributed by atoms with Crippen molar-refractivity contribution in [2.75, 3.05) is 18.8 Å². The van der Waals surface area contributed by atoms with Gasteiger partial charge in [-0.05, 0) is 30.2 Å². The van der Waals surface area contributed by atoms with Crippen molar-refractivity contribution >= 4 is 29.3 Å². The van der Waals surface area contributed by atoms with E-state index >= 15 is 0 Å². The molecule has 0 bridgehead atoms. The summed E-state index contributed by atoms with van der Waals surface area (Å²) in [5.74, 6) is 1.14. The van der Waals surface area contributed by atoms with Gasteiger partial charge in [0.15, 0.2) is 0 Å². The Morgan fingerprint density at radius 3 is 2.73 bits per heavy atom. The molecule has 1 fully saturated rings. The van der Waals surface area contributed by atoms with E-state index in [0.717, 1.165) is 30.3 Å². The van der Waals surface area contributed by atoms with Crippen LogP contribution in [0.3, 0.4) is 0 Å². The van der Waals surface area contributed by atoms with Gasteiger partial charge in [0.05, 0.1) is 0 Å². The second-order valence-corrected chi connectivity index (χ2v) is 7.12. The molecule has 3 nitrogen and oxygen atoms in total. The molecule has 0 spiro atoms. The Morgan fingerprint density at radius 1 is 1.18 bits per heavy atom. The van der Waals surface area contributed by atoms with Crippen LogP contribution < -0.4 is 0 Å². The van der Waals surface area contributed by atoms with E-state index in [1.54, 1.807) is 0 Å². The summed E-state index contributed by atoms with van der Waals surface area (Å²) in [4.78, 5) is 14.4. The van der Waals surface area contributed by atoms with E-state index in [9.17, 15) is 4.79 Å². The summed E-state index contributed by atoms with van der Waals surface area (Å²) in [6.07, 6.45) is 4.81. The van der Waals surface area contributed by atoms with Gasteiger partial charge in [-0.3, -0.25) is 4.79 Å². The Kier molecular flexibility index (Phi) is 5.11. The first-order valence-corrected chi connectivity index (χ1v) is 8.91. The predicted octanol–water partition coefficient (Wildman–Crippen LogP) is 3.85. The molecule has 1 atom stereocenters. The van der Waals surface area contributed by atoms with Crippen LogP contribution in [0.15, 0.2) is 48.8 Å². The van der Waals surface area contributed by atoms with Crippen LogP contribution in [-0.2, 0) is 11.3 Å². The number of hydrogen-bond acceptors (Lipinski definition) is 2. The maximum Gasteiger partial charge on any atom is 0.242 e. The number of hydrogen-bond donors (Lipinski definition) is 0. The van der Waals surface area contributed by atoms with E-state index in [0.29, 0.717) is 11.8 Å². The lowest BCUT2D eigenvalue weighted by atomic mass is 10.1. The third kappa shape index (κ3) is 3.68. The van der Waals surface area contributed by atoms with Gasteiger partial charge in [0.25, 0.3) is 0 Å². The highest BCUT2D eigenvalue weighted by Crippen LogP contribution is 2.37. The minimum absolute atomic E-state index is 0.191. The van der Waals surface area contributed by atoms with E-state index < -0.39 is 0 Å². The van der Waals surface area contributed by atoms with Crippen LogP contribution in [0.5, 0.6) is 0 Å². The third-order valence-corrected chi connectivity index (χ3v) is 5.58. The fourth-order valence-electron chi connectivity index (χ4n) is 2.74. The maximum absolute atomic E-state index is 12.4. The summed E-state index contributed by atoms with van der Waals surface area (Å²) >= 11 is 8.20. The van der Waals surface area contributed by atoms with Crippen LogP contribution in [-0.4, -0.2) is 34.2 Å². The van der Waals surface area contributed by atoms with Gasteiger partial charge in [0.2, 0.25) is 5.91 Å². The van der Waals surface area contributed by atoms with Gasteiger partial charge in [0, 0.05) is 41.5 Å². The lowest BCUT2D eigenvalue weighted by molar-refractivity contribution is -0.131. The summed E-state index contributed by atoms with van der Waals surface area (Å²) < 4.78 is 1.92. The van der Waals surface area contributed by atoms with Crippen molar-refractivity contribution < 1.29 is 4.79 Å². The van der Waals surface area contributed by atoms with Gasteiger partial charge in [0.1, 0.15) is 6.54 Å². The zero-order valence-electron chi connectivity index (χ0n) is 12.3. The fraction of sp³-hybridized carbons (Fsp3) is 0.353. The largest absolute Gasteiger partial charge is 0.345 e. The van der Waals surface area contributed by atoms with Crippen molar-refractivity contribution in [1.82, 2.24) is 9.47 Å². The molecule has 2 aromatic rings. The molecule has 1 saturated heterocycles. The molecule has 1 aliphatic heterocycles. The van der Waals surface area contributed by atoms with E-state index in [1.165, 1.54) is 5.56 Å². The van der Waals surface area contributed by atoms with Crippen molar-refractivity contribution in [2.45, 2.75) is 18.2 Å². The highest BCUT2D eigenvalue weighted by atomic mass is 35.5. The second-order valence-electron chi connectivity index (χ2n) is 5.41. The molecule has 0 unspecified atom stereocenters. The van der Waals surface area contributed by atoms with Crippen LogP contribution in [0.1, 0.15) is 17.2 Å². The van der Waals surface area contributed by atoms with Crippen molar-refractivity contribution in [2.24, 2.45) is 0 Å². The van der Waals surface area contributed by atoms with E-state index in [2.05, 4.69) is 6.07 Å². The number of rotatable bonds is 3. The van der Waals surface area contributed by atoms with Crippen molar-refractivity contribution in [3.8, 4) is 0 Å². The smallest absolute Gasteiger partial charge is 0.242 e. The molecule has 0 N–H and O–H groups in total. The van der Waals surface area contributed by atoms with Crippen LogP contribution in [0, 0.1) is 0 Å². The van der Waals surface area contributed by atoms with Gasteiger partial charge in [-0.25, -0.2) is 0 Å². The van der Waals surface area contributed by atoms with Crippen molar-refractivity contribution in [3.63, 3.8) is 0 Å². The van der Waals surface area contributed by atoms with Gasteiger partial charge in [-0.2, -0.15) is 11.8 Å². The van der Waals surface area contributed by atoms with E-state index in [-0.39, 0.29) is 5.91 Å². The molecule has 116 valence electrons. The third-order valence-electron chi connectivity index (χ3n) is 3.93. The zero-order valence-corrected chi connectivity index (χ0v) is 13.9. The monoisotopic (exact) mass is 334 g/mol. The van der Waals surface area contributed by atoms with Crippen LogP contribution >= 0.6 is 23.4 Å². The number of carbonyl (C=O) groups is 1. The van der Waals surface area contributed by atoms with Crippen LogP contribution in [0.25, 0.3) is 0 Å². The molecule has 1 aromatic carbocycles. The fourth-order valence-corrected chi connectivity index (χ4v) is 4.34. The molecule has 3 rings (SSSR count). The quantitative estimate of drug-likeness (QED) is 0.852. The summed E-state index contributed by atoms with van der Waals surface area (Å²) in [5.41, 5.74) is 1.19. The number of amides is 1. The Hall–Kier alpha value is -1.39. The first-order valence-electron chi connectivity index (χ1n) is 7.48. The number of halogens is 1. The molecule has 1 aliphatic rings. The first-order chi connectivity index (χ1) is 10.7. The molecular weight excluding hydrogens is 316 g/mol. The molecule has 0 aliphatic carbocycles. The molecular formula is C17H19ClN2OS. The standard InChI is InChI=1S/C17H19ClN2OS/c18-15-6-2-1-5-14(15)16-7-10-20(11-12-22-16)17(21)13-19-8-3-4-9-19/h1-6,8-9,16H,7,10-13H2/t16-/m1/s1. The first kappa shape index (κ1) is 15.5. The van der Waals surface area contributed by atoms with Gasteiger partial charge < -0.3 is 9.47 Å². The van der Waals surface area contributed by atoms with Crippen LogP contribution in [0.4, 0.5) is 0 Å². The van der Waals surface area contributed by atoms with Crippen molar-refractivity contribution in [3.05, 3.63) is 59.4 Å². The van der Waals surface area contributed by atoms with Gasteiger partial charge in [-0.1, -0.05) is 29.8 Å². The maximum atomic E-state index is 12.4.